The van der Waals surface area contributed by atoms with E-state index in [1.54, 1.807) is 14.0 Å². The first-order valence-electron chi connectivity index (χ1n) is 5.03. The quantitative estimate of drug-likeness (QED) is 0.755. The highest BCUT2D eigenvalue weighted by molar-refractivity contribution is 5.16. The third-order valence-electron chi connectivity index (χ3n) is 3.10. The summed E-state index contributed by atoms with van der Waals surface area (Å²) in [4.78, 5) is 0. The van der Waals surface area contributed by atoms with Crippen LogP contribution in [0.15, 0.2) is 11.8 Å². The van der Waals surface area contributed by atoms with E-state index < -0.39 is 11.2 Å². The van der Waals surface area contributed by atoms with E-state index in [1.165, 1.54) is 0 Å². The normalized spacial score (nSPS) is 22.2. The number of rotatable bonds is 3. The molecular formula is C11H20O3. The van der Waals surface area contributed by atoms with E-state index >= 15 is 0 Å². The van der Waals surface area contributed by atoms with Crippen LogP contribution in [0.3, 0.4) is 0 Å². The van der Waals surface area contributed by atoms with E-state index in [2.05, 4.69) is 0 Å². The van der Waals surface area contributed by atoms with Gasteiger partial charge in [0, 0.05) is 7.11 Å². The van der Waals surface area contributed by atoms with E-state index in [9.17, 15) is 5.11 Å². The van der Waals surface area contributed by atoms with Gasteiger partial charge in [-0.15, -0.1) is 0 Å². The fourth-order valence-corrected chi connectivity index (χ4v) is 1.39. The zero-order valence-electron chi connectivity index (χ0n) is 9.46. The Morgan fingerprint density at radius 1 is 1.43 bits per heavy atom. The van der Waals surface area contributed by atoms with E-state index in [1.807, 2.05) is 19.9 Å². The Kier molecular flexibility index (Phi) is 3.22. The van der Waals surface area contributed by atoms with Gasteiger partial charge in [0.05, 0.1) is 12.2 Å². The minimum absolute atomic E-state index is 0.635. The maximum Gasteiger partial charge on any atom is 0.146 e. The zero-order chi connectivity index (χ0) is 10.8. The van der Waals surface area contributed by atoms with Crippen LogP contribution in [0, 0.1) is 0 Å². The summed E-state index contributed by atoms with van der Waals surface area (Å²) in [6.07, 6.45) is 3.93. The lowest BCUT2D eigenvalue weighted by atomic mass is 9.84. The molecule has 14 heavy (non-hydrogen) atoms. The minimum atomic E-state index is -1.07. The highest BCUT2D eigenvalue weighted by Gasteiger charge is 2.44. The molecule has 1 heterocycles. The second-order valence-corrected chi connectivity index (χ2v) is 4.35. The molecular weight excluding hydrogens is 180 g/mol. The van der Waals surface area contributed by atoms with Crippen molar-refractivity contribution in [3.8, 4) is 0 Å². The third kappa shape index (κ3) is 1.93. The SMILES string of the molecule is COC(C)(C)C(C)(O)C1=CCCCO1. The van der Waals surface area contributed by atoms with Crippen LogP contribution in [-0.4, -0.2) is 30.0 Å². The van der Waals surface area contributed by atoms with Crippen molar-refractivity contribution in [2.75, 3.05) is 13.7 Å². The van der Waals surface area contributed by atoms with Crippen LogP contribution in [0.25, 0.3) is 0 Å². The summed E-state index contributed by atoms with van der Waals surface area (Å²) in [6.45, 7) is 6.12. The third-order valence-corrected chi connectivity index (χ3v) is 3.10. The number of aliphatic hydroxyl groups is 1. The van der Waals surface area contributed by atoms with E-state index in [0.29, 0.717) is 12.4 Å². The van der Waals surface area contributed by atoms with Gasteiger partial charge in [-0.2, -0.15) is 0 Å². The van der Waals surface area contributed by atoms with Crippen molar-refractivity contribution in [1.82, 2.24) is 0 Å². The van der Waals surface area contributed by atoms with Gasteiger partial charge in [0.1, 0.15) is 11.4 Å². The van der Waals surface area contributed by atoms with Crippen LogP contribution in [0.4, 0.5) is 0 Å². The molecule has 0 aliphatic carbocycles. The highest BCUT2D eigenvalue weighted by Crippen LogP contribution is 2.34. The van der Waals surface area contributed by atoms with Gasteiger partial charge in [0.2, 0.25) is 0 Å². The minimum Gasteiger partial charge on any atom is -0.495 e. The van der Waals surface area contributed by atoms with Gasteiger partial charge in [-0.1, -0.05) is 0 Å². The first-order chi connectivity index (χ1) is 6.42. The van der Waals surface area contributed by atoms with Crippen molar-refractivity contribution in [3.05, 3.63) is 11.8 Å². The summed E-state index contributed by atoms with van der Waals surface area (Å²) in [7, 11) is 1.60. The molecule has 0 aromatic rings. The Balaban J connectivity index is 2.87. The van der Waals surface area contributed by atoms with E-state index in [-0.39, 0.29) is 0 Å². The second kappa shape index (κ2) is 3.91. The summed E-state index contributed by atoms with van der Waals surface area (Å²) >= 11 is 0. The molecule has 1 unspecified atom stereocenters. The van der Waals surface area contributed by atoms with Gasteiger partial charge in [0.25, 0.3) is 0 Å². The fourth-order valence-electron chi connectivity index (χ4n) is 1.39. The Hall–Kier alpha value is -0.540. The number of hydrogen-bond donors (Lipinski definition) is 1. The molecule has 0 spiro atoms. The van der Waals surface area contributed by atoms with Crippen LogP contribution >= 0.6 is 0 Å². The molecule has 0 aromatic carbocycles. The molecule has 82 valence electrons. The van der Waals surface area contributed by atoms with Crippen LogP contribution < -0.4 is 0 Å². The molecule has 1 N–H and O–H groups in total. The van der Waals surface area contributed by atoms with Crippen molar-refractivity contribution in [2.45, 2.75) is 44.8 Å². The maximum absolute atomic E-state index is 10.3. The molecule has 0 radical (unpaired) electrons. The van der Waals surface area contributed by atoms with Crippen LogP contribution in [-0.2, 0) is 9.47 Å². The van der Waals surface area contributed by atoms with Crippen molar-refractivity contribution in [3.63, 3.8) is 0 Å². The molecule has 0 bridgehead atoms. The first kappa shape index (κ1) is 11.5. The highest BCUT2D eigenvalue weighted by atomic mass is 16.5. The van der Waals surface area contributed by atoms with Crippen molar-refractivity contribution < 1.29 is 14.6 Å². The van der Waals surface area contributed by atoms with E-state index in [4.69, 9.17) is 9.47 Å². The number of methoxy groups -OCH3 is 1. The van der Waals surface area contributed by atoms with Gasteiger partial charge < -0.3 is 14.6 Å². The number of ether oxygens (including phenoxy) is 2. The molecule has 0 saturated heterocycles. The van der Waals surface area contributed by atoms with Crippen LogP contribution in [0.5, 0.6) is 0 Å². The lowest BCUT2D eigenvalue weighted by molar-refractivity contribution is -0.142. The summed E-state index contributed by atoms with van der Waals surface area (Å²) in [5.41, 5.74) is -1.71. The molecule has 1 rings (SSSR count). The molecule has 1 aliphatic rings. The fraction of sp³-hybridized carbons (Fsp3) is 0.818. The summed E-state index contributed by atoms with van der Waals surface area (Å²) in [6, 6.07) is 0. The molecule has 1 aliphatic heterocycles. The second-order valence-electron chi connectivity index (χ2n) is 4.35. The van der Waals surface area contributed by atoms with Crippen LogP contribution in [0.2, 0.25) is 0 Å². The Morgan fingerprint density at radius 3 is 2.50 bits per heavy atom. The van der Waals surface area contributed by atoms with E-state index in [0.717, 1.165) is 12.8 Å². The predicted octanol–water partition coefficient (Wildman–Crippen LogP) is 1.86. The lowest BCUT2D eigenvalue weighted by Gasteiger charge is -2.40. The molecule has 3 heteroatoms. The average molecular weight is 200 g/mol. The van der Waals surface area contributed by atoms with Gasteiger partial charge in [-0.3, -0.25) is 0 Å². The maximum atomic E-state index is 10.3. The van der Waals surface area contributed by atoms with Crippen molar-refractivity contribution in [2.24, 2.45) is 0 Å². The lowest BCUT2D eigenvalue weighted by Crippen LogP contribution is -2.51. The Bertz CT molecular complexity index is 229. The standard InChI is InChI=1S/C11H20O3/c1-10(2,13-4)11(3,12)9-7-5-6-8-14-9/h7,12H,5-6,8H2,1-4H3. The Morgan fingerprint density at radius 2 is 2.07 bits per heavy atom. The van der Waals surface area contributed by atoms with Gasteiger partial charge in [-0.05, 0) is 39.7 Å². The van der Waals surface area contributed by atoms with Crippen molar-refractivity contribution >= 4 is 0 Å². The first-order valence-corrected chi connectivity index (χ1v) is 5.03. The molecule has 0 aromatic heterocycles. The smallest absolute Gasteiger partial charge is 0.146 e. The zero-order valence-corrected chi connectivity index (χ0v) is 9.46. The number of hydrogen-bond acceptors (Lipinski definition) is 3. The molecule has 1 atom stereocenters. The largest absolute Gasteiger partial charge is 0.495 e. The van der Waals surface area contributed by atoms with Gasteiger partial charge in [-0.25, -0.2) is 0 Å². The van der Waals surface area contributed by atoms with Gasteiger partial charge in [0.15, 0.2) is 0 Å². The number of allylic oxidation sites excluding steroid dienone is 1. The molecule has 3 nitrogen and oxygen atoms in total. The summed E-state index contributed by atoms with van der Waals surface area (Å²) in [5, 5.41) is 10.3. The average Bonchev–Trinajstić information content (AvgIpc) is 2.19. The molecule has 0 amide bonds. The monoisotopic (exact) mass is 200 g/mol. The van der Waals surface area contributed by atoms with Gasteiger partial charge >= 0.3 is 0 Å². The predicted molar refractivity (Wildman–Crippen MR) is 55.0 cm³/mol. The summed E-state index contributed by atoms with van der Waals surface area (Å²) in [5.74, 6) is 0.635. The summed E-state index contributed by atoms with van der Waals surface area (Å²) < 4.78 is 10.7. The molecule has 0 saturated carbocycles. The topological polar surface area (TPSA) is 38.7 Å². The van der Waals surface area contributed by atoms with Crippen molar-refractivity contribution in [1.29, 1.82) is 0 Å². The van der Waals surface area contributed by atoms with Crippen LogP contribution in [0.1, 0.15) is 33.6 Å². The molecule has 0 fully saturated rings. The Labute approximate surface area is 85.7 Å².